The summed E-state index contributed by atoms with van der Waals surface area (Å²) in [6.07, 6.45) is 1.95. The molecule has 4 rings (SSSR count). The van der Waals surface area contributed by atoms with Crippen molar-refractivity contribution in [3.8, 4) is 0 Å². The van der Waals surface area contributed by atoms with Crippen LogP contribution in [0.5, 0.6) is 0 Å². The van der Waals surface area contributed by atoms with Gasteiger partial charge >= 0.3 is 0 Å². The number of sulfonamides is 1. The summed E-state index contributed by atoms with van der Waals surface area (Å²) < 4.78 is 27.3. The van der Waals surface area contributed by atoms with Crippen molar-refractivity contribution in [2.24, 2.45) is 0 Å². The predicted octanol–water partition coefficient (Wildman–Crippen LogP) is 2.70. The summed E-state index contributed by atoms with van der Waals surface area (Å²) in [5.41, 5.74) is 2.25. The van der Waals surface area contributed by atoms with E-state index in [1.165, 1.54) is 4.31 Å². The molecule has 1 heterocycles. The first-order chi connectivity index (χ1) is 11.5. The first kappa shape index (κ1) is 15.2. The highest BCUT2D eigenvalue weighted by molar-refractivity contribution is 7.92. The maximum Gasteiger partial charge on any atom is 0.264 e. The number of fused-ring (bicyclic) bond motifs is 1. The number of carbonyl (C=O) groups is 1. The third-order valence-electron chi connectivity index (χ3n) is 4.48. The van der Waals surface area contributed by atoms with Gasteiger partial charge in [-0.15, -0.1) is 0 Å². The molecule has 1 fully saturated rings. The van der Waals surface area contributed by atoms with E-state index in [4.69, 9.17) is 0 Å². The highest BCUT2D eigenvalue weighted by Crippen LogP contribution is 2.42. The molecule has 0 spiro atoms. The molecule has 2 aromatic carbocycles. The molecule has 0 radical (unpaired) electrons. The largest absolute Gasteiger partial charge is 0.306 e. The van der Waals surface area contributed by atoms with Gasteiger partial charge in [-0.1, -0.05) is 29.8 Å². The number of hydrogen-bond donors (Lipinski definition) is 0. The Kier molecular flexibility index (Phi) is 3.38. The zero-order valence-electron chi connectivity index (χ0n) is 13.3. The van der Waals surface area contributed by atoms with Gasteiger partial charge < -0.3 is 4.90 Å². The summed E-state index contributed by atoms with van der Waals surface area (Å²) in [7, 11) is -3.77. The minimum atomic E-state index is -3.77. The second kappa shape index (κ2) is 5.34. The van der Waals surface area contributed by atoms with Crippen LogP contribution in [0.1, 0.15) is 18.4 Å². The van der Waals surface area contributed by atoms with Crippen molar-refractivity contribution in [3.63, 3.8) is 0 Å². The van der Waals surface area contributed by atoms with Crippen LogP contribution in [-0.4, -0.2) is 26.9 Å². The number of benzene rings is 2. The molecule has 0 N–H and O–H groups in total. The maximum atomic E-state index is 13.1. The zero-order chi connectivity index (χ0) is 16.9. The molecule has 124 valence electrons. The minimum absolute atomic E-state index is 0.149. The number of carbonyl (C=O) groups excluding carboxylic acids is 1. The second-order valence-electron chi connectivity index (χ2n) is 6.31. The number of rotatable bonds is 3. The van der Waals surface area contributed by atoms with Crippen LogP contribution in [0.25, 0.3) is 0 Å². The lowest BCUT2D eigenvalue weighted by Crippen LogP contribution is -2.48. The molecule has 0 unspecified atom stereocenters. The van der Waals surface area contributed by atoms with E-state index in [0.717, 1.165) is 18.4 Å². The first-order valence-electron chi connectivity index (χ1n) is 7.99. The Morgan fingerprint density at radius 1 is 0.958 bits per heavy atom. The zero-order valence-corrected chi connectivity index (χ0v) is 14.2. The fraction of sp³-hybridized carbons (Fsp3) is 0.278. The van der Waals surface area contributed by atoms with Crippen molar-refractivity contribution >= 4 is 27.3 Å². The number of aryl methyl sites for hydroxylation is 1. The molecule has 0 aromatic heterocycles. The lowest BCUT2D eigenvalue weighted by atomic mass is 10.2. The van der Waals surface area contributed by atoms with Crippen LogP contribution >= 0.6 is 0 Å². The minimum Gasteiger partial charge on any atom is -0.306 e. The van der Waals surface area contributed by atoms with Gasteiger partial charge in [0.25, 0.3) is 10.0 Å². The van der Waals surface area contributed by atoms with Crippen LogP contribution in [0.15, 0.2) is 53.4 Å². The van der Waals surface area contributed by atoms with E-state index in [0.29, 0.717) is 11.4 Å². The molecule has 0 saturated heterocycles. The molecular formula is C18H18N2O3S. The van der Waals surface area contributed by atoms with Gasteiger partial charge in [-0.2, -0.15) is 0 Å². The first-order valence-corrected chi connectivity index (χ1v) is 9.43. The standard InChI is InChI=1S/C18H18N2O3S/c1-13-6-10-15(11-7-13)24(22,23)19-12-18(21)20(14-8-9-14)17-5-3-2-4-16(17)19/h2-7,10-11,14H,8-9,12H2,1H3. The lowest BCUT2D eigenvalue weighted by molar-refractivity contribution is -0.117. The van der Waals surface area contributed by atoms with Gasteiger partial charge in [-0.05, 0) is 44.0 Å². The Hall–Kier alpha value is -2.34. The fourth-order valence-corrected chi connectivity index (χ4v) is 4.51. The van der Waals surface area contributed by atoms with Gasteiger partial charge in [-0.3, -0.25) is 9.10 Å². The Morgan fingerprint density at radius 3 is 2.21 bits per heavy atom. The van der Waals surface area contributed by atoms with Gasteiger partial charge in [0.1, 0.15) is 6.54 Å². The average Bonchev–Trinajstić information content (AvgIpc) is 3.39. The van der Waals surface area contributed by atoms with E-state index in [-0.39, 0.29) is 23.4 Å². The summed E-state index contributed by atoms with van der Waals surface area (Å²) >= 11 is 0. The highest BCUT2D eigenvalue weighted by Gasteiger charge is 2.42. The fourth-order valence-electron chi connectivity index (χ4n) is 3.08. The third-order valence-corrected chi connectivity index (χ3v) is 6.25. The summed E-state index contributed by atoms with van der Waals surface area (Å²) in [5.74, 6) is -0.160. The number of anilines is 2. The van der Waals surface area contributed by atoms with Crippen LogP contribution in [-0.2, 0) is 14.8 Å². The van der Waals surface area contributed by atoms with Gasteiger partial charge in [0.05, 0.1) is 16.3 Å². The van der Waals surface area contributed by atoms with Crippen molar-refractivity contribution in [1.82, 2.24) is 0 Å². The lowest BCUT2D eigenvalue weighted by Gasteiger charge is -2.36. The van der Waals surface area contributed by atoms with E-state index in [1.807, 2.05) is 19.1 Å². The molecule has 6 heteroatoms. The maximum absolute atomic E-state index is 13.1. The van der Waals surface area contributed by atoms with E-state index in [2.05, 4.69) is 0 Å². The molecule has 1 aliphatic heterocycles. The smallest absolute Gasteiger partial charge is 0.264 e. The number of hydrogen-bond acceptors (Lipinski definition) is 3. The molecule has 1 saturated carbocycles. The number of para-hydroxylation sites is 2. The Bertz CT molecular complexity index is 902. The van der Waals surface area contributed by atoms with Crippen molar-refractivity contribution in [2.45, 2.75) is 30.7 Å². The highest BCUT2D eigenvalue weighted by atomic mass is 32.2. The van der Waals surface area contributed by atoms with Crippen LogP contribution in [0.4, 0.5) is 11.4 Å². The molecule has 1 aliphatic carbocycles. The summed E-state index contributed by atoms with van der Waals surface area (Å²) in [4.78, 5) is 14.6. The monoisotopic (exact) mass is 342 g/mol. The number of nitrogens with zero attached hydrogens (tertiary/aromatic N) is 2. The molecular weight excluding hydrogens is 324 g/mol. The molecule has 2 aliphatic rings. The van der Waals surface area contributed by atoms with Crippen LogP contribution in [0.2, 0.25) is 0 Å². The summed E-state index contributed by atoms with van der Waals surface area (Å²) in [6, 6.07) is 14.1. The molecule has 0 bridgehead atoms. The van der Waals surface area contributed by atoms with E-state index in [9.17, 15) is 13.2 Å². The average molecular weight is 342 g/mol. The SMILES string of the molecule is Cc1ccc(S(=O)(=O)N2CC(=O)N(C3CC3)c3ccccc32)cc1. The Labute approximate surface area is 141 Å². The van der Waals surface area contributed by atoms with Crippen molar-refractivity contribution in [1.29, 1.82) is 0 Å². The van der Waals surface area contributed by atoms with Crippen molar-refractivity contribution in [2.75, 3.05) is 15.7 Å². The van der Waals surface area contributed by atoms with Crippen molar-refractivity contribution in [3.05, 3.63) is 54.1 Å². The summed E-state index contributed by atoms with van der Waals surface area (Å²) in [5, 5.41) is 0. The van der Waals surface area contributed by atoms with E-state index < -0.39 is 10.0 Å². The van der Waals surface area contributed by atoms with Gasteiger partial charge in [0.15, 0.2) is 0 Å². The molecule has 2 aromatic rings. The van der Waals surface area contributed by atoms with Gasteiger partial charge in [0.2, 0.25) is 5.91 Å². The second-order valence-corrected chi connectivity index (χ2v) is 8.17. The van der Waals surface area contributed by atoms with Crippen LogP contribution in [0, 0.1) is 6.92 Å². The van der Waals surface area contributed by atoms with Crippen LogP contribution in [0.3, 0.4) is 0 Å². The van der Waals surface area contributed by atoms with E-state index >= 15 is 0 Å². The predicted molar refractivity (Wildman–Crippen MR) is 92.7 cm³/mol. The topological polar surface area (TPSA) is 57.7 Å². The molecule has 24 heavy (non-hydrogen) atoms. The normalized spacial score (nSPS) is 17.8. The molecule has 5 nitrogen and oxygen atoms in total. The molecule has 1 amide bonds. The van der Waals surface area contributed by atoms with Gasteiger partial charge in [0, 0.05) is 6.04 Å². The van der Waals surface area contributed by atoms with Gasteiger partial charge in [-0.25, -0.2) is 8.42 Å². The Morgan fingerprint density at radius 2 is 1.58 bits per heavy atom. The quantitative estimate of drug-likeness (QED) is 0.862. The van der Waals surface area contributed by atoms with E-state index in [1.54, 1.807) is 41.3 Å². The number of amides is 1. The molecule has 0 atom stereocenters. The Balaban J connectivity index is 1.82. The third kappa shape index (κ3) is 2.38. The van der Waals surface area contributed by atoms with Crippen LogP contribution < -0.4 is 9.21 Å². The summed E-state index contributed by atoms with van der Waals surface area (Å²) in [6.45, 7) is 1.76. The van der Waals surface area contributed by atoms with Crippen molar-refractivity contribution < 1.29 is 13.2 Å².